The zero-order valence-corrected chi connectivity index (χ0v) is 8.08. The highest BCUT2D eigenvalue weighted by atomic mass is 16.5. The molecule has 2 N–H and O–H groups in total. The van der Waals surface area contributed by atoms with Crippen molar-refractivity contribution in [3.63, 3.8) is 0 Å². The van der Waals surface area contributed by atoms with Gasteiger partial charge in [-0.1, -0.05) is 0 Å². The van der Waals surface area contributed by atoms with Crippen LogP contribution in [0.1, 0.15) is 6.92 Å². The number of hydrazine groups is 1. The number of carbonyl (C=O) groups excluding carboxylic acids is 2. The highest BCUT2D eigenvalue weighted by Gasteiger charge is 2.14. The van der Waals surface area contributed by atoms with Crippen molar-refractivity contribution in [2.45, 2.75) is 6.92 Å². The fraction of sp³-hybridized carbons (Fsp3) is 0.250. The average molecular weight is 210 g/mol. The van der Waals surface area contributed by atoms with Crippen LogP contribution in [0.2, 0.25) is 0 Å². The van der Waals surface area contributed by atoms with Crippen LogP contribution in [0, 0.1) is 0 Å². The Hall–Kier alpha value is -2.02. The molecule has 0 saturated carbocycles. The van der Waals surface area contributed by atoms with Gasteiger partial charge in [-0.15, -0.1) is 0 Å². The summed E-state index contributed by atoms with van der Waals surface area (Å²) >= 11 is 0. The number of aromatic nitrogens is 2. The third kappa shape index (κ3) is 3.31. The van der Waals surface area contributed by atoms with Crippen molar-refractivity contribution >= 4 is 17.8 Å². The van der Waals surface area contributed by atoms with Crippen molar-refractivity contribution in [1.82, 2.24) is 9.97 Å². The number of rotatable bonds is 3. The van der Waals surface area contributed by atoms with Crippen molar-refractivity contribution in [3.05, 3.63) is 18.5 Å². The predicted octanol–water partition coefficient (Wildman–Crippen LogP) is -0.754. The van der Waals surface area contributed by atoms with Gasteiger partial charge in [-0.25, -0.2) is 20.8 Å². The Balaban J connectivity index is 2.57. The van der Waals surface area contributed by atoms with E-state index in [1.54, 1.807) is 6.07 Å². The van der Waals surface area contributed by atoms with E-state index in [9.17, 15) is 9.59 Å². The molecular weight excluding hydrogens is 200 g/mol. The molecule has 0 fully saturated rings. The second-order valence-corrected chi connectivity index (χ2v) is 2.59. The maximum absolute atomic E-state index is 11.3. The Morgan fingerprint density at radius 1 is 1.47 bits per heavy atom. The number of nitrogens with two attached hydrogens (primary N) is 1. The molecular formula is C8H10N4O3. The average Bonchev–Trinajstić information content (AvgIpc) is 2.26. The van der Waals surface area contributed by atoms with Crippen LogP contribution >= 0.6 is 0 Å². The molecule has 0 aliphatic heterocycles. The lowest BCUT2D eigenvalue weighted by atomic mass is 10.6. The van der Waals surface area contributed by atoms with Crippen LogP contribution in [0.15, 0.2) is 18.5 Å². The van der Waals surface area contributed by atoms with E-state index in [0.717, 1.165) is 5.01 Å². The van der Waals surface area contributed by atoms with Crippen LogP contribution < -0.4 is 10.9 Å². The molecule has 7 heteroatoms. The largest absolute Gasteiger partial charge is 0.456 e. The van der Waals surface area contributed by atoms with E-state index in [4.69, 9.17) is 5.84 Å². The zero-order chi connectivity index (χ0) is 11.3. The number of ether oxygens (including phenoxy) is 1. The summed E-state index contributed by atoms with van der Waals surface area (Å²) < 4.78 is 4.48. The number of esters is 1. The molecule has 1 amide bonds. The fourth-order valence-corrected chi connectivity index (χ4v) is 0.760. The van der Waals surface area contributed by atoms with E-state index in [1.807, 2.05) is 0 Å². The number of hydrogen-bond acceptors (Lipinski definition) is 6. The molecule has 0 unspecified atom stereocenters. The van der Waals surface area contributed by atoms with Gasteiger partial charge >= 0.3 is 5.97 Å². The summed E-state index contributed by atoms with van der Waals surface area (Å²) in [6, 6.07) is 1.59. The first-order chi connectivity index (χ1) is 7.11. The normalized spacial score (nSPS) is 9.47. The third-order valence-corrected chi connectivity index (χ3v) is 1.44. The molecule has 0 radical (unpaired) electrons. The Morgan fingerprint density at radius 2 is 2.07 bits per heavy atom. The minimum atomic E-state index is -0.601. The Kier molecular flexibility index (Phi) is 3.69. The topological polar surface area (TPSA) is 98.4 Å². The molecule has 0 atom stereocenters. The molecule has 7 nitrogen and oxygen atoms in total. The lowest BCUT2D eigenvalue weighted by Gasteiger charge is -2.13. The Morgan fingerprint density at radius 3 is 2.60 bits per heavy atom. The van der Waals surface area contributed by atoms with E-state index in [0.29, 0.717) is 0 Å². The monoisotopic (exact) mass is 210 g/mol. The van der Waals surface area contributed by atoms with Gasteiger partial charge in [0.15, 0.2) is 6.61 Å². The highest BCUT2D eigenvalue weighted by Crippen LogP contribution is 1.99. The number of anilines is 1. The Bertz CT molecular complexity index is 354. The first-order valence-corrected chi connectivity index (χ1v) is 4.09. The maximum Gasteiger partial charge on any atom is 0.303 e. The van der Waals surface area contributed by atoms with Crippen LogP contribution in [0.4, 0.5) is 5.95 Å². The molecule has 1 aromatic heterocycles. The van der Waals surface area contributed by atoms with Crippen molar-refractivity contribution in [2.75, 3.05) is 11.6 Å². The minimum Gasteiger partial charge on any atom is -0.456 e. The molecule has 1 heterocycles. The van der Waals surface area contributed by atoms with Gasteiger partial charge in [0.25, 0.3) is 5.91 Å². The molecule has 15 heavy (non-hydrogen) atoms. The van der Waals surface area contributed by atoms with Gasteiger partial charge in [0.1, 0.15) is 0 Å². The Labute approximate surface area is 85.8 Å². The second-order valence-electron chi connectivity index (χ2n) is 2.59. The summed E-state index contributed by atoms with van der Waals surface area (Å²) in [4.78, 5) is 29.2. The van der Waals surface area contributed by atoms with Crippen molar-refractivity contribution in [3.8, 4) is 0 Å². The van der Waals surface area contributed by atoms with Gasteiger partial charge in [0.2, 0.25) is 5.95 Å². The predicted molar refractivity (Wildman–Crippen MR) is 50.3 cm³/mol. The van der Waals surface area contributed by atoms with Gasteiger partial charge in [-0.05, 0) is 6.07 Å². The lowest BCUT2D eigenvalue weighted by Crippen LogP contribution is -2.41. The summed E-state index contributed by atoms with van der Waals surface area (Å²) in [7, 11) is 0. The molecule has 0 spiro atoms. The number of nitrogens with zero attached hydrogens (tertiary/aromatic N) is 3. The van der Waals surface area contributed by atoms with E-state index in [1.165, 1.54) is 19.3 Å². The van der Waals surface area contributed by atoms with Crippen molar-refractivity contribution in [1.29, 1.82) is 0 Å². The van der Waals surface area contributed by atoms with E-state index in [2.05, 4.69) is 14.7 Å². The van der Waals surface area contributed by atoms with Crippen LogP contribution in [0.3, 0.4) is 0 Å². The molecule has 0 aliphatic rings. The van der Waals surface area contributed by atoms with Crippen LogP contribution in [0.25, 0.3) is 0 Å². The number of carbonyl (C=O) groups is 2. The maximum atomic E-state index is 11.3. The molecule has 0 aliphatic carbocycles. The minimum absolute atomic E-state index is 0.0506. The zero-order valence-electron chi connectivity index (χ0n) is 8.08. The summed E-state index contributed by atoms with van der Waals surface area (Å²) in [6.07, 6.45) is 2.89. The van der Waals surface area contributed by atoms with Gasteiger partial charge in [0.05, 0.1) is 0 Å². The summed E-state index contributed by atoms with van der Waals surface area (Å²) in [5.74, 6) is 4.29. The van der Waals surface area contributed by atoms with Gasteiger partial charge in [-0.3, -0.25) is 9.59 Å². The molecule has 0 aromatic carbocycles. The van der Waals surface area contributed by atoms with Crippen LogP contribution in [-0.2, 0) is 14.3 Å². The smallest absolute Gasteiger partial charge is 0.303 e. The van der Waals surface area contributed by atoms with E-state index < -0.39 is 18.5 Å². The highest BCUT2D eigenvalue weighted by molar-refractivity contribution is 5.92. The molecule has 80 valence electrons. The van der Waals surface area contributed by atoms with E-state index in [-0.39, 0.29) is 5.95 Å². The molecule has 0 bridgehead atoms. The molecule has 0 saturated heterocycles. The van der Waals surface area contributed by atoms with Crippen LogP contribution in [0.5, 0.6) is 0 Å². The summed E-state index contributed by atoms with van der Waals surface area (Å²) in [5.41, 5.74) is 0. The molecule has 1 rings (SSSR count). The standard InChI is InChI=1S/C8H10N4O3/c1-6(13)15-5-7(14)12(9)8-10-3-2-4-11-8/h2-4H,5,9H2,1H3. The van der Waals surface area contributed by atoms with Crippen LogP contribution in [-0.4, -0.2) is 28.5 Å². The van der Waals surface area contributed by atoms with E-state index >= 15 is 0 Å². The first-order valence-electron chi connectivity index (χ1n) is 4.09. The van der Waals surface area contributed by atoms with Crippen molar-refractivity contribution in [2.24, 2.45) is 5.84 Å². The number of hydrogen-bond donors (Lipinski definition) is 1. The SMILES string of the molecule is CC(=O)OCC(=O)N(N)c1ncccn1. The third-order valence-electron chi connectivity index (χ3n) is 1.44. The quantitative estimate of drug-likeness (QED) is 0.305. The van der Waals surface area contributed by atoms with Crippen molar-refractivity contribution < 1.29 is 14.3 Å². The second kappa shape index (κ2) is 5.01. The lowest BCUT2D eigenvalue weighted by molar-refractivity contribution is -0.145. The van der Waals surface area contributed by atoms with Gasteiger partial charge in [-0.2, -0.15) is 0 Å². The summed E-state index contributed by atoms with van der Waals surface area (Å²) in [6.45, 7) is 0.775. The fourth-order valence-electron chi connectivity index (χ4n) is 0.760. The van der Waals surface area contributed by atoms with Gasteiger partial charge in [0, 0.05) is 19.3 Å². The molecule has 1 aromatic rings. The number of amides is 1. The van der Waals surface area contributed by atoms with Gasteiger partial charge < -0.3 is 4.74 Å². The summed E-state index contributed by atoms with van der Waals surface area (Å²) in [5, 5.41) is 0.725. The first kappa shape index (κ1) is 11.1.